The molecule has 0 spiro atoms. The van der Waals surface area contributed by atoms with Crippen LogP contribution in [-0.4, -0.2) is 57.2 Å². The van der Waals surface area contributed by atoms with Crippen molar-refractivity contribution in [2.75, 3.05) is 40.3 Å². The van der Waals surface area contributed by atoms with Gasteiger partial charge in [-0.1, -0.05) is 12.1 Å². The van der Waals surface area contributed by atoms with Crippen molar-refractivity contribution in [3.8, 4) is 5.75 Å². The van der Waals surface area contributed by atoms with Crippen LogP contribution in [0.25, 0.3) is 0 Å². The number of amides is 1. The Morgan fingerprint density at radius 2 is 2.29 bits per heavy atom. The standard InChI is InChI=1S/C19H29N3O2/c1-22-10-4-6-16(22)8-9-21-18(23)19(13-20-14-19)12-15-5-3-7-17(11-15)24-2/h3,5,7,11,16,20H,4,6,8-10,12-14H2,1-2H3,(H,21,23). The van der Waals surface area contributed by atoms with Crippen molar-refractivity contribution >= 4 is 5.91 Å². The quantitative estimate of drug-likeness (QED) is 0.794. The van der Waals surface area contributed by atoms with E-state index in [9.17, 15) is 4.79 Å². The zero-order valence-electron chi connectivity index (χ0n) is 14.8. The number of rotatable bonds is 7. The number of nitrogens with one attached hydrogen (secondary N) is 2. The normalized spacial score (nSPS) is 22.8. The molecule has 0 aromatic heterocycles. The highest BCUT2D eigenvalue weighted by Gasteiger charge is 2.44. The van der Waals surface area contributed by atoms with E-state index >= 15 is 0 Å². The second-order valence-corrected chi connectivity index (χ2v) is 7.23. The summed E-state index contributed by atoms with van der Waals surface area (Å²) in [5.41, 5.74) is 0.843. The van der Waals surface area contributed by atoms with Crippen LogP contribution in [0.15, 0.2) is 24.3 Å². The fourth-order valence-electron chi connectivity index (χ4n) is 3.85. The molecule has 2 heterocycles. The minimum Gasteiger partial charge on any atom is -0.497 e. The van der Waals surface area contributed by atoms with E-state index in [2.05, 4.69) is 28.6 Å². The van der Waals surface area contributed by atoms with Crippen LogP contribution < -0.4 is 15.4 Å². The van der Waals surface area contributed by atoms with Crippen molar-refractivity contribution in [2.45, 2.75) is 31.7 Å². The van der Waals surface area contributed by atoms with Crippen molar-refractivity contribution in [3.63, 3.8) is 0 Å². The molecule has 0 saturated carbocycles. The molecule has 1 aromatic rings. The summed E-state index contributed by atoms with van der Waals surface area (Å²) in [6, 6.07) is 8.65. The molecule has 0 radical (unpaired) electrons. The Bertz CT molecular complexity index is 571. The van der Waals surface area contributed by atoms with E-state index in [-0.39, 0.29) is 11.3 Å². The minimum atomic E-state index is -0.312. The van der Waals surface area contributed by atoms with Gasteiger partial charge in [0.2, 0.25) is 5.91 Å². The molecule has 24 heavy (non-hydrogen) atoms. The van der Waals surface area contributed by atoms with Gasteiger partial charge in [0, 0.05) is 25.7 Å². The van der Waals surface area contributed by atoms with Crippen LogP contribution in [0.1, 0.15) is 24.8 Å². The molecule has 2 saturated heterocycles. The summed E-state index contributed by atoms with van der Waals surface area (Å²) < 4.78 is 5.29. The molecule has 2 N–H and O–H groups in total. The van der Waals surface area contributed by atoms with Crippen molar-refractivity contribution in [3.05, 3.63) is 29.8 Å². The molecule has 1 unspecified atom stereocenters. The van der Waals surface area contributed by atoms with Gasteiger partial charge in [-0.2, -0.15) is 0 Å². The van der Waals surface area contributed by atoms with Crippen LogP contribution in [0.4, 0.5) is 0 Å². The summed E-state index contributed by atoms with van der Waals surface area (Å²) in [6.45, 7) is 3.45. The van der Waals surface area contributed by atoms with Crippen LogP contribution in [0.5, 0.6) is 5.75 Å². The minimum absolute atomic E-state index is 0.185. The Morgan fingerprint density at radius 3 is 2.92 bits per heavy atom. The topological polar surface area (TPSA) is 53.6 Å². The van der Waals surface area contributed by atoms with Gasteiger partial charge in [0.15, 0.2) is 0 Å². The number of hydrogen-bond donors (Lipinski definition) is 2. The highest BCUT2D eigenvalue weighted by molar-refractivity contribution is 5.84. The van der Waals surface area contributed by atoms with E-state index in [0.717, 1.165) is 43.8 Å². The molecule has 2 aliphatic heterocycles. The summed E-state index contributed by atoms with van der Waals surface area (Å²) in [5, 5.41) is 6.45. The fraction of sp³-hybridized carbons (Fsp3) is 0.632. The Hall–Kier alpha value is -1.59. The fourth-order valence-corrected chi connectivity index (χ4v) is 3.85. The maximum absolute atomic E-state index is 12.8. The van der Waals surface area contributed by atoms with Crippen molar-refractivity contribution in [1.29, 1.82) is 0 Å². The lowest BCUT2D eigenvalue weighted by atomic mass is 9.75. The number of carbonyl (C=O) groups is 1. The van der Waals surface area contributed by atoms with Crippen LogP contribution in [-0.2, 0) is 11.2 Å². The Balaban J connectivity index is 1.54. The second kappa shape index (κ2) is 7.53. The van der Waals surface area contributed by atoms with E-state index in [4.69, 9.17) is 4.74 Å². The first-order valence-electron chi connectivity index (χ1n) is 8.95. The van der Waals surface area contributed by atoms with E-state index in [1.807, 2.05) is 18.2 Å². The molecule has 132 valence electrons. The van der Waals surface area contributed by atoms with Gasteiger partial charge in [0.1, 0.15) is 5.75 Å². The maximum atomic E-state index is 12.8. The van der Waals surface area contributed by atoms with E-state index in [0.29, 0.717) is 6.04 Å². The van der Waals surface area contributed by atoms with E-state index < -0.39 is 0 Å². The maximum Gasteiger partial charge on any atom is 0.229 e. The molecule has 1 atom stereocenters. The van der Waals surface area contributed by atoms with Crippen molar-refractivity contribution in [2.24, 2.45) is 5.41 Å². The summed E-state index contributed by atoms with van der Waals surface area (Å²) >= 11 is 0. The smallest absolute Gasteiger partial charge is 0.229 e. The zero-order chi connectivity index (χ0) is 17.0. The van der Waals surface area contributed by atoms with Gasteiger partial charge in [0.05, 0.1) is 12.5 Å². The number of ether oxygens (including phenoxy) is 1. The van der Waals surface area contributed by atoms with Crippen LogP contribution >= 0.6 is 0 Å². The van der Waals surface area contributed by atoms with Crippen molar-refractivity contribution in [1.82, 2.24) is 15.5 Å². The highest BCUT2D eigenvalue weighted by atomic mass is 16.5. The number of hydrogen-bond acceptors (Lipinski definition) is 4. The second-order valence-electron chi connectivity index (χ2n) is 7.23. The average molecular weight is 331 g/mol. The van der Waals surface area contributed by atoms with Gasteiger partial charge < -0.3 is 20.3 Å². The monoisotopic (exact) mass is 331 g/mol. The molecular weight excluding hydrogens is 302 g/mol. The molecule has 5 heteroatoms. The number of methoxy groups -OCH3 is 1. The average Bonchev–Trinajstić information content (AvgIpc) is 2.96. The first-order valence-corrected chi connectivity index (χ1v) is 8.95. The largest absolute Gasteiger partial charge is 0.497 e. The Morgan fingerprint density at radius 1 is 1.46 bits per heavy atom. The molecule has 0 bridgehead atoms. The van der Waals surface area contributed by atoms with Crippen LogP contribution in [0.2, 0.25) is 0 Å². The number of likely N-dealkylation sites (tertiary alicyclic amines) is 1. The predicted octanol–water partition coefficient (Wildman–Crippen LogP) is 1.43. The van der Waals surface area contributed by atoms with E-state index in [1.165, 1.54) is 19.4 Å². The summed E-state index contributed by atoms with van der Waals surface area (Å²) in [5.74, 6) is 1.03. The number of carbonyl (C=O) groups excluding carboxylic acids is 1. The molecule has 2 fully saturated rings. The predicted molar refractivity (Wildman–Crippen MR) is 95.3 cm³/mol. The third-order valence-electron chi connectivity index (χ3n) is 5.52. The molecule has 5 nitrogen and oxygen atoms in total. The SMILES string of the molecule is COc1cccc(CC2(C(=O)NCCC3CCCN3C)CNC2)c1. The Kier molecular flexibility index (Phi) is 5.41. The first-order chi connectivity index (χ1) is 11.6. The molecule has 3 rings (SSSR count). The summed E-state index contributed by atoms with van der Waals surface area (Å²) in [4.78, 5) is 15.2. The number of nitrogens with zero attached hydrogens (tertiary/aromatic N) is 1. The number of benzene rings is 1. The van der Waals surface area contributed by atoms with Gasteiger partial charge in [0.25, 0.3) is 0 Å². The Labute approximate surface area is 144 Å². The third-order valence-corrected chi connectivity index (χ3v) is 5.52. The molecule has 2 aliphatic rings. The van der Waals surface area contributed by atoms with Gasteiger partial charge in [-0.3, -0.25) is 4.79 Å². The van der Waals surface area contributed by atoms with E-state index in [1.54, 1.807) is 7.11 Å². The lowest BCUT2D eigenvalue weighted by molar-refractivity contribution is -0.134. The lowest BCUT2D eigenvalue weighted by Gasteiger charge is -2.41. The van der Waals surface area contributed by atoms with Crippen molar-refractivity contribution < 1.29 is 9.53 Å². The molecule has 1 amide bonds. The van der Waals surface area contributed by atoms with Gasteiger partial charge >= 0.3 is 0 Å². The first kappa shape index (κ1) is 17.2. The van der Waals surface area contributed by atoms with Crippen LogP contribution in [0, 0.1) is 5.41 Å². The van der Waals surface area contributed by atoms with Gasteiger partial charge in [-0.05, 0) is 57.0 Å². The lowest BCUT2D eigenvalue weighted by Crippen LogP contribution is -2.62. The third kappa shape index (κ3) is 3.73. The zero-order valence-corrected chi connectivity index (χ0v) is 14.8. The molecular formula is C19H29N3O2. The highest BCUT2D eigenvalue weighted by Crippen LogP contribution is 2.29. The molecule has 0 aliphatic carbocycles. The van der Waals surface area contributed by atoms with Gasteiger partial charge in [-0.25, -0.2) is 0 Å². The van der Waals surface area contributed by atoms with Gasteiger partial charge in [-0.15, -0.1) is 0 Å². The van der Waals surface area contributed by atoms with Crippen LogP contribution in [0.3, 0.4) is 0 Å². The summed E-state index contributed by atoms with van der Waals surface area (Å²) in [6.07, 6.45) is 4.33. The molecule has 1 aromatic carbocycles. The summed E-state index contributed by atoms with van der Waals surface area (Å²) in [7, 11) is 3.85.